The topological polar surface area (TPSA) is 26.0 Å². The number of hydrogen-bond acceptors (Lipinski definition) is 1. The highest BCUT2D eigenvalue weighted by Gasteiger charge is 2.30. The first-order valence-electron chi connectivity index (χ1n) is 6.28. The lowest BCUT2D eigenvalue weighted by atomic mass is 9.95. The van der Waals surface area contributed by atoms with Crippen LogP contribution >= 0.6 is 0 Å². The van der Waals surface area contributed by atoms with E-state index in [9.17, 15) is 13.2 Å². The standard InChI is InChI=1S/C16H16F3N/c1-10-6-11(2)8-13(7-10)15(20)12-4-3-5-14(9-12)16(17,18)19/h3-9,15H,20H2,1-2H3. The third-order valence-corrected chi connectivity index (χ3v) is 3.18. The van der Waals surface area contributed by atoms with Crippen molar-refractivity contribution in [2.24, 2.45) is 5.73 Å². The highest BCUT2D eigenvalue weighted by atomic mass is 19.4. The van der Waals surface area contributed by atoms with Gasteiger partial charge in [-0.15, -0.1) is 0 Å². The summed E-state index contributed by atoms with van der Waals surface area (Å²) in [6.07, 6.45) is -4.35. The second kappa shape index (κ2) is 5.29. The summed E-state index contributed by atoms with van der Waals surface area (Å²) >= 11 is 0. The van der Waals surface area contributed by atoms with Crippen molar-refractivity contribution in [2.45, 2.75) is 26.1 Å². The first-order valence-corrected chi connectivity index (χ1v) is 6.28. The maximum absolute atomic E-state index is 12.7. The third-order valence-electron chi connectivity index (χ3n) is 3.18. The van der Waals surface area contributed by atoms with E-state index < -0.39 is 17.8 Å². The molecular formula is C16H16F3N. The molecule has 0 aromatic heterocycles. The smallest absolute Gasteiger partial charge is 0.320 e. The maximum atomic E-state index is 12.7. The lowest BCUT2D eigenvalue weighted by molar-refractivity contribution is -0.137. The van der Waals surface area contributed by atoms with Crippen molar-refractivity contribution in [3.8, 4) is 0 Å². The molecule has 0 spiro atoms. The molecule has 2 N–H and O–H groups in total. The summed E-state index contributed by atoms with van der Waals surface area (Å²) in [4.78, 5) is 0. The van der Waals surface area contributed by atoms with Gasteiger partial charge in [-0.2, -0.15) is 13.2 Å². The van der Waals surface area contributed by atoms with Gasteiger partial charge in [0.1, 0.15) is 0 Å². The number of hydrogen-bond donors (Lipinski definition) is 1. The van der Waals surface area contributed by atoms with Crippen LogP contribution in [-0.2, 0) is 6.18 Å². The molecule has 1 unspecified atom stereocenters. The number of nitrogens with two attached hydrogens (primary N) is 1. The molecule has 20 heavy (non-hydrogen) atoms. The molecule has 2 aromatic carbocycles. The van der Waals surface area contributed by atoms with Crippen molar-refractivity contribution >= 4 is 0 Å². The van der Waals surface area contributed by atoms with Crippen LogP contribution in [0.1, 0.15) is 33.9 Å². The number of rotatable bonds is 2. The first kappa shape index (κ1) is 14.6. The monoisotopic (exact) mass is 279 g/mol. The normalized spacial score (nSPS) is 13.3. The fourth-order valence-electron chi connectivity index (χ4n) is 2.29. The van der Waals surface area contributed by atoms with Gasteiger partial charge in [-0.3, -0.25) is 0 Å². The zero-order valence-corrected chi connectivity index (χ0v) is 11.3. The van der Waals surface area contributed by atoms with Gasteiger partial charge in [0.05, 0.1) is 11.6 Å². The Labute approximate surface area is 116 Å². The predicted molar refractivity (Wildman–Crippen MR) is 73.4 cm³/mol. The zero-order valence-electron chi connectivity index (χ0n) is 11.3. The first-order chi connectivity index (χ1) is 9.27. The minimum absolute atomic E-state index is 0.463. The molecule has 0 saturated heterocycles. The van der Waals surface area contributed by atoms with Gasteiger partial charge >= 0.3 is 6.18 Å². The van der Waals surface area contributed by atoms with E-state index in [2.05, 4.69) is 0 Å². The molecule has 0 radical (unpaired) electrons. The zero-order chi connectivity index (χ0) is 14.9. The highest BCUT2D eigenvalue weighted by molar-refractivity contribution is 5.38. The average molecular weight is 279 g/mol. The lowest BCUT2D eigenvalue weighted by Gasteiger charge is -2.16. The Bertz CT molecular complexity index is 597. The van der Waals surface area contributed by atoms with E-state index in [1.165, 1.54) is 6.07 Å². The Morgan fingerprint density at radius 1 is 0.900 bits per heavy atom. The van der Waals surface area contributed by atoms with Gasteiger partial charge in [-0.1, -0.05) is 41.5 Å². The van der Waals surface area contributed by atoms with Crippen LogP contribution in [0.2, 0.25) is 0 Å². The molecule has 0 fully saturated rings. The number of halogens is 3. The van der Waals surface area contributed by atoms with Crippen LogP contribution in [0.15, 0.2) is 42.5 Å². The third kappa shape index (κ3) is 3.20. The van der Waals surface area contributed by atoms with Crippen LogP contribution in [0.4, 0.5) is 13.2 Å². The fraction of sp³-hybridized carbons (Fsp3) is 0.250. The van der Waals surface area contributed by atoms with E-state index in [1.807, 2.05) is 32.0 Å². The van der Waals surface area contributed by atoms with Gasteiger partial charge in [0.15, 0.2) is 0 Å². The molecule has 2 rings (SSSR count). The molecule has 0 amide bonds. The van der Waals surface area contributed by atoms with Crippen molar-refractivity contribution in [1.82, 2.24) is 0 Å². The van der Waals surface area contributed by atoms with Crippen LogP contribution in [-0.4, -0.2) is 0 Å². The van der Waals surface area contributed by atoms with Crippen LogP contribution in [0.5, 0.6) is 0 Å². The molecule has 0 aliphatic heterocycles. The van der Waals surface area contributed by atoms with Crippen molar-refractivity contribution < 1.29 is 13.2 Å². The summed E-state index contributed by atoms with van der Waals surface area (Å²) < 4.78 is 38.2. The van der Waals surface area contributed by atoms with E-state index in [1.54, 1.807) is 6.07 Å². The molecule has 1 nitrogen and oxygen atoms in total. The summed E-state index contributed by atoms with van der Waals surface area (Å²) in [5.41, 5.74) is 8.80. The van der Waals surface area contributed by atoms with Gasteiger partial charge in [0.25, 0.3) is 0 Å². The van der Waals surface area contributed by atoms with E-state index in [0.29, 0.717) is 5.56 Å². The average Bonchev–Trinajstić information content (AvgIpc) is 2.36. The van der Waals surface area contributed by atoms with E-state index in [-0.39, 0.29) is 0 Å². The van der Waals surface area contributed by atoms with E-state index in [0.717, 1.165) is 28.8 Å². The maximum Gasteiger partial charge on any atom is 0.416 e. The Morgan fingerprint density at radius 3 is 2.05 bits per heavy atom. The molecule has 0 heterocycles. The van der Waals surface area contributed by atoms with Gasteiger partial charge in [-0.25, -0.2) is 0 Å². The van der Waals surface area contributed by atoms with Gasteiger partial charge in [0, 0.05) is 0 Å². The van der Waals surface area contributed by atoms with Crippen molar-refractivity contribution in [1.29, 1.82) is 0 Å². The van der Waals surface area contributed by atoms with Crippen molar-refractivity contribution in [2.75, 3.05) is 0 Å². The fourth-order valence-corrected chi connectivity index (χ4v) is 2.29. The Balaban J connectivity index is 2.40. The van der Waals surface area contributed by atoms with Crippen LogP contribution in [0.25, 0.3) is 0 Å². The quantitative estimate of drug-likeness (QED) is 0.868. The number of alkyl halides is 3. The molecule has 106 valence electrons. The molecule has 2 aromatic rings. The van der Waals surface area contributed by atoms with E-state index in [4.69, 9.17) is 5.73 Å². The van der Waals surface area contributed by atoms with Crippen LogP contribution < -0.4 is 5.73 Å². The second-order valence-electron chi connectivity index (χ2n) is 5.02. The molecule has 1 atom stereocenters. The van der Waals surface area contributed by atoms with Crippen LogP contribution in [0.3, 0.4) is 0 Å². The van der Waals surface area contributed by atoms with Crippen molar-refractivity contribution in [3.05, 3.63) is 70.3 Å². The van der Waals surface area contributed by atoms with Crippen molar-refractivity contribution in [3.63, 3.8) is 0 Å². The van der Waals surface area contributed by atoms with Gasteiger partial charge in [-0.05, 0) is 37.1 Å². The predicted octanol–water partition coefficient (Wildman–Crippen LogP) is 4.37. The van der Waals surface area contributed by atoms with Crippen LogP contribution in [0, 0.1) is 13.8 Å². The molecule has 0 aliphatic carbocycles. The van der Waals surface area contributed by atoms with Gasteiger partial charge in [0.2, 0.25) is 0 Å². The summed E-state index contributed by atoms with van der Waals surface area (Å²) in [7, 11) is 0. The molecular weight excluding hydrogens is 263 g/mol. The molecule has 0 saturated carbocycles. The molecule has 0 aliphatic rings. The Kier molecular flexibility index (Phi) is 3.86. The number of aryl methyl sites for hydroxylation is 2. The summed E-state index contributed by atoms with van der Waals surface area (Å²) in [5.74, 6) is 0. The second-order valence-corrected chi connectivity index (χ2v) is 5.02. The summed E-state index contributed by atoms with van der Waals surface area (Å²) in [6.45, 7) is 3.88. The largest absolute Gasteiger partial charge is 0.416 e. The SMILES string of the molecule is Cc1cc(C)cc(C(N)c2cccc(C(F)(F)F)c2)c1. The Hall–Kier alpha value is -1.81. The lowest BCUT2D eigenvalue weighted by Crippen LogP contribution is -2.14. The molecule has 0 bridgehead atoms. The minimum atomic E-state index is -4.35. The van der Waals surface area contributed by atoms with E-state index >= 15 is 0 Å². The molecule has 4 heteroatoms. The highest BCUT2D eigenvalue weighted by Crippen LogP contribution is 2.31. The summed E-state index contributed by atoms with van der Waals surface area (Å²) in [6, 6.07) is 10.4. The number of benzene rings is 2. The minimum Gasteiger partial charge on any atom is -0.320 e. The summed E-state index contributed by atoms with van der Waals surface area (Å²) in [5, 5.41) is 0. The Morgan fingerprint density at radius 2 is 1.50 bits per heavy atom. The van der Waals surface area contributed by atoms with Gasteiger partial charge < -0.3 is 5.73 Å².